The maximum atomic E-state index is 13.4. The average Bonchev–Trinajstić information content (AvgIpc) is 2.82. The summed E-state index contributed by atoms with van der Waals surface area (Å²) in [5.41, 5.74) is 0.445. The summed E-state index contributed by atoms with van der Waals surface area (Å²) in [6, 6.07) is 26.3. The van der Waals surface area contributed by atoms with E-state index in [1.165, 1.54) is 0 Å². The maximum absolute atomic E-state index is 13.4. The topological polar surface area (TPSA) is 83.5 Å². The molecular weight excluding hydrogens is 410 g/mol. The second kappa shape index (κ2) is 10.2. The summed E-state index contributed by atoms with van der Waals surface area (Å²) < 4.78 is 12.5. The second-order valence-corrected chi connectivity index (χ2v) is 8.94. The van der Waals surface area contributed by atoms with Gasteiger partial charge in [-0.1, -0.05) is 78.9 Å². The van der Waals surface area contributed by atoms with Crippen molar-refractivity contribution < 1.29 is 18.9 Å². The van der Waals surface area contributed by atoms with Crippen LogP contribution >= 0.6 is 0 Å². The molecule has 160 valence electrons. The molecule has 6 heteroatoms. The molecule has 2 atom stereocenters. The van der Waals surface area contributed by atoms with Crippen LogP contribution in [0.4, 0.5) is 0 Å². The Morgan fingerprint density at radius 2 is 1.32 bits per heavy atom. The zero-order valence-corrected chi connectivity index (χ0v) is 18.0. The normalized spacial score (nSPS) is 13.2. The molecule has 0 heterocycles. The monoisotopic (exact) mass is 435 g/mol. The maximum Gasteiger partial charge on any atom is 0.326 e. The fraction of sp³-hybridized carbons (Fsp3) is 0.200. The number of hydrogen-bond acceptors (Lipinski definition) is 3. The van der Waals surface area contributed by atoms with Crippen molar-refractivity contribution in [3.8, 4) is 0 Å². The number of hydrogen-bond donors (Lipinski definition) is 2. The molecule has 0 aliphatic carbocycles. The number of nitrogens with one attached hydrogen (secondary N) is 1. The van der Waals surface area contributed by atoms with E-state index in [9.17, 15) is 18.9 Å². The van der Waals surface area contributed by atoms with Gasteiger partial charge in [0.2, 0.25) is 5.91 Å². The number of benzene rings is 3. The van der Waals surface area contributed by atoms with Gasteiger partial charge in [0.25, 0.3) is 0 Å². The van der Waals surface area contributed by atoms with Crippen LogP contribution in [0.25, 0.3) is 0 Å². The lowest BCUT2D eigenvalue weighted by atomic mass is 9.75. The Kier molecular flexibility index (Phi) is 7.36. The highest BCUT2D eigenvalue weighted by molar-refractivity contribution is 7.85. The van der Waals surface area contributed by atoms with Crippen LogP contribution in [0, 0.1) is 0 Å². The summed E-state index contributed by atoms with van der Waals surface area (Å²) in [5.74, 6) is -1.43. The minimum absolute atomic E-state index is 0.0578. The van der Waals surface area contributed by atoms with Crippen LogP contribution in [-0.2, 0) is 25.8 Å². The van der Waals surface area contributed by atoms with Crippen molar-refractivity contribution in [1.82, 2.24) is 5.32 Å². The van der Waals surface area contributed by atoms with Crippen molar-refractivity contribution in [3.63, 3.8) is 0 Å². The largest absolute Gasteiger partial charge is 0.480 e. The lowest BCUT2D eigenvalue weighted by Gasteiger charge is -2.31. The number of carboxylic acids is 1. The summed E-state index contributed by atoms with van der Waals surface area (Å²) >= 11 is 0. The molecule has 0 aliphatic rings. The number of aliphatic carboxylic acids is 1. The summed E-state index contributed by atoms with van der Waals surface area (Å²) in [6.45, 7) is 1.79. The molecule has 0 radical (unpaired) electrons. The molecular formula is C25H25NO4S. The summed E-state index contributed by atoms with van der Waals surface area (Å²) in [6.07, 6.45) is 0.0578. The van der Waals surface area contributed by atoms with E-state index in [-0.39, 0.29) is 12.2 Å². The lowest BCUT2D eigenvalue weighted by Crippen LogP contribution is -2.50. The first-order valence-electron chi connectivity index (χ1n) is 10.0. The Balaban J connectivity index is 1.82. The number of rotatable bonds is 9. The average molecular weight is 436 g/mol. The van der Waals surface area contributed by atoms with Crippen LogP contribution in [-0.4, -0.2) is 33.0 Å². The van der Waals surface area contributed by atoms with Gasteiger partial charge >= 0.3 is 5.97 Å². The molecule has 0 saturated carbocycles. The van der Waals surface area contributed by atoms with Crippen LogP contribution in [0.5, 0.6) is 0 Å². The highest BCUT2D eigenvalue weighted by Gasteiger charge is 2.38. The Morgan fingerprint density at radius 1 is 0.871 bits per heavy atom. The van der Waals surface area contributed by atoms with Gasteiger partial charge in [0.15, 0.2) is 0 Å². The van der Waals surface area contributed by atoms with Gasteiger partial charge in [-0.15, -0.1) is 0 Å². The minimum atomic E-state index is -1.34. The molecule has 3 rings (SSSR count). The van der Waals surface area contributed by atoms with Crippen molar-refractivity contribution in [2.75, 3.05) is 5.75 Å². The van der Waals surface area contributed by atoms with E-state index in [2.05, 4.69) is 5.32 Å². The number of carboxylic acid groups (broad SMARTS) is 1. The van der Waals surface area contributed by atoms with E-state index in [1.54, 1.807) is 31.2 Å². The van der Waals surface area contributed by atoms with Crippen molar-refractivity contribution in [2.24, 2.45) is 0 Å². The smallest absolute Gasteiger partial charge is 0.326 e. The highest BCUT2D eigenvalue weighted by Crippen LogP contribution is 2.32. The number of carbonyl (C=O) groups is 2. The van der Waals surface area contributed by atoms with Crippen molar-refractivity contribution in [3.05, 3.63) is 102 Å². The van der Waals surface area contributed by atoms with Gasteiger partial charge in [-0.2, -0.15) is 0 Å². The van der Waals surface area contributed by atoms with Gasteiger partial charge in [-0.25, -0.2) is 4.79 Å². The van der Waals surface area contributed by atoms with E-state index in [0.29, 0.717) is 4.90 Å². The third-order valence-corrected chi connectivity index (χ3v) is 6.76. The van der Waals surface area contributed by atoms with E-state index in [1.807, 2.05) is 66.7 Å². The van der Waals surface area contributed by atoms with E-state index in [0.717, 1.165) is 11.1 Å². The van der Waals surface area contributed by atoms with Crippen LogP contribution in [0.15, 0.2) is 95.9 Å². The van der Waals surface area contributed by atoms with Crippen LogP contribution in [0.3, 0.4) is 0 Å². The Bertz CT molecular complexity index is 999. The molecule has 0 aromatic heterocycles. The predicted octanol–water partition coefficient (Wildman–Crippen LogP) is 3.76. The van der Waals surface area contributed by atoms with Crippen LogP contribution in [0.1, 0.15) is 24.5 Å². The highest BCUT2D eigenvalue weighted by atomic mass is 32.2. The zero-order valence-electron chi connectivity index (χ0n) is 17.2. The molecule has 5 nitrogen and oxygen atoms in total. The first kappa shape index (κ1) is 22.4. The third kappa shape index (κ3) is 5.27. The quantitative estimate of drug-likeness (QED) is 0.536. The molecule has 3 aromatic carbocycles. The summed E-state index contributed by atoms with van der Waals surface area (Å²) in [7, 11) is -1.34. The Morgan fingerprint density at radius 3 is 1.77 bits per heavy atom. The second-order valence-electron chi connectivity index (χ2n) is 7.37. The predicted molar refractivity (Wildman–Crippen MR) is 121 cm³/mol. The molecule has 0 unspecified atom stereocenters. The van der Waals surface area contributed by atoms with Gasteiger partial charge in [0, 0.05) is 10.6 Å². The van der Waals surface area contributed by atoms with Crippen molar-refractivity contribution >= 4 is 22.7 Å². The van der Waals surface area contributed by atoms with Gasteiger partial charge in [0.05, 0.1) is 16.2 Å². The zero-order chi connectivity index (χ0) is 22.3. The van der Waals surface area contributed by atoms with Gasteiger partial charge in [-0.05, 0) is 36.6 Å². The fourth-order valence-electron chi connectivity index (χ4n) is 3.45. The molecule has 2 N–H and O–H groups in total. The van der Waals surface area contributed by atoms with Crippen molar-refractivity contribution in [1.29, 1.82) is 0 Å². The SMILES string of the molecule is CC(C(=O)N[C@H](CC[S@](=O)c1ccccc1)C(=O)O)(c1ccccc1)c1ccccc1. The molecule has 0 spiro atoms. The Labute approximate surface area is 184 Å². The molecule has 31 heavy (non-hydrogen) atoms. The van der Waals surface area contributed by atoms with Gasteiger partial charge in [0.1, 0.15) is 6.04 Å². The van der Waals surface area contributed by atoms with Crippen LogP contribution in [0.2, 0.25) is 0 Å². The van der Waals surface area contributed by atoms with Gasteiger partial charge in [-0.3, -0.25) is 9.00 Å². The standard InChI is InChI=1S/C25H25NO4S/c1-25(19-11-5-2-6-12-19,20-13-7-3-8-14-20)24(29)26-22(23(27)28)17-18-31(30)21-15-9-4-10-16-21/h2-16,22H,17-18H2,1H3,(H,26,29)(H,27,28)/t22-,31+/m1/s1. The van der Waals surface area contributed by atoms with E-state index >= 15 is 0 Å². The first-order valence-corrected chi connectivity index (χ1v) is 11.3. The summed E-state index contributed by atoms with van der Waals surface area (Å²) in [4.78, 5) is 26.0. The van der Waals surface area contributed by atoms with Crippen LogP contribution < -0.4 is 5.32 Å². The van der Waals surface area contributed by atoms with E-state index in [4.69, 9.17) is 0 Å². The number of carbonyl (C=O) groups excluding carboxylic acids is 1. The molecule has 1 amide bonds. The van der Waals surface area contributed by atoms with E-state index < -0.39 is 34.1 Å². The minimum Gasteiger partial charge on any atom is -0.480 e. The fourth-order valence-corrected chi connectivity index (χ4v) is 4.59. The number of amides is 1. The first-order chi connectivity index (χ1) is 14.9. The summed E-state index contributed by atoms with van der Waals surface area (Å²) in [5, 5.41) is 12.4. The van der Waals surface area contributed by atoms with Crippen molar-refractivity contribution in [2.45, 2.75) is 29.7 Å². The molecule has 3 aromatic rings. The molecule has 0 bridgehead atoms. The molecule has 0 aliphatic heterocycles. The third-order valence-electron chi connectivity index (χ3n) is 5.36. The van der Waals surface area contributed by atoms with Gasteiger partial charge < -0.3 is 10.4 Å². The molecule has 0 fully saturated rings. The Hall–Kier alpha value is -3.25. The lowest BCUT2D eigenvalue weighted by molar-refractivity contribution is -0.142. The molecule has 0 saturated heterocycles.